The van der Waals surface area contributed by atoms with Crippen molar-refractivity contribution in [2.45, 2.75) is 117 Å². The predicted molar refractivity (Wildman–Crippen MR) is 138 cm³/mol. The highest BCUT2D eigenvalue weighted by Gasteiger charge is 1.97. The maximum atomic E-state index is 10.8. The average molecular weight is 469 g/mol. The molecule has 0 N–H and O–H groups in total. The summed E-state index contributed by atoms with van der Waals surface area (Å²) in [6.07, 6.45) is 24.1. The van der Waals surface area contributed by atoms with Crippen LogP contribution >= 0.6 is 0 Å². The molecule has 5 nitrogen and oxygen atoms in total. The zero-order valence-electron chi connectivity index (χ0n) is 21.8. The van der Waals surface area contributed by atoms with E-state index in [1.807, 2.05) is 6.92 Å². The van der Waals surface area contributed by atoms with Gasteiger partial charge in [0.15, 0.2) is 0 Å². The lowest BCUT2D eigenvalue weighted by Gasteiger charge is -2.04. The first kappa shape index (κ1) is 33.6. The quantitative estimate of drug-likeness (QED) is 0.0872. The first-order valence-electron chi connectivity index (χ1n) is 13.3. The summed E-state index contributed by atoms with van der Waals surface area (Å²) in [7, 11) is 0. The molecule has 5 heteroatoms. The van der Waals surface area contributed by atoms with Crippen LogP contribution in [0.4, 0.5) is 0 Å². The molecule has 0 saturated carbocycles. The lowest BCUT2D eigenvalue weighted by atomic mass is 10.0. The summed E-state index contributed by atoms with van der Waals surface area (Å²) < 4.78 is 14.5. The third-order valence-corrected chi connectivity index (χ3v) is 5.25. The van der Waals surface area contributed by atoms with Crippen LogP contribution in [-0.4, -0.2) is 38.4 Å². The fourth-order valence-electron chi connectivity index (χ4n) is 3.29. The minimum Gasteiger partial charge on any atom is -0.463 e. The molecule has 194 valence electrons. The molecule has 0 heterocycles. The molecule has 0 spiro atoms. The van der Waals surface area contributed by atoms with Crippen molar-refractivity contribution in [1.82, 2.24) is 0 Å². The van der Waals surface area contributed by atoms with Gasteiger partial charge in [-0.15, -0.1) is 0 Å². The molecule has 0 fully saturated rings. The van der Waals surface area contributed by atoms with Crippen molar-refractivity contribution in [3.8, 4) is 0 Å². The average Bonchev–Trinajstić information content (AvgIpc) is 2.83. The van der Waals surface area contributed by atoms with E-state index in [1.165, 1.54) is 102 Å². The normalized spacial score (nSPS) is 10.1. The van der Waals surface area contributed by atoms with Crippen LogP contribution in [0.3, 0.4) is 0 Å². The zero-order valence-corrected chi connectivity index (χ0v) is 21.8. The minimum atomic E-state index is -0.403. The molecule has 0 aliphatic carbocycles. The highest BCUT2D eigenvalue weighted by Crippen LogP contribution is 2.13. The van der Waals surface area contributed by atoms with E-state index in [-0.39, 0.29) is 5.97 Å². The van der Waals surface area contributed by atoms with Gasteiger partial charge in [-0.3, -0.25) is 0 Å². The second-order valence-corrected chi connectivity index (χ2v) is 8.24. The number of hydrogen-bond acceptors (Lipinski definition) is 5. The van der Waals surface area contributed by atoms with Gasteiger partial charge in [0.05, 0.1) is 13.2 Å². The standard InChI is InChI=1S/C21H40O2.C7H12O3/c1-3-5-6-7-8-9-10-11-12-13-14-15-16-17-18-19-20-23-21(22)4-2;1-3-7(8)10-6-5-9-4-2/h4H,2-3,5-20H2,1H3;3H,1,4-6H2,2H3. The molecule has 0 bridgehead atoms. The molecule has 0 aliphatic rings. The number of esters is 2. The molecular formula is C28H52O5. The van der Waals surface area contributed by atoms with Crippen LogP contribution in [-0.2, 0) is 23.8 Å². The molecule has 0 atom stereocenters. The summed E-state index contributed by atoms with van der Waals surface area (Å²) in [5, 5.41) is 0. The first-order chi connectivity index (χ1) is 16.1. The summed E-state index contributed by atoms with van der Waals surface area (Å²) in [4.78, 5) is 21.2. The van der Waals surface area contributed by atoms with Crippen LogP contribution in [0.5, 0.6) is 0 Å². The lowest BCUT2D eigenvalue weighted by Crippen LogP contribution is -2.07. The lowest BCUT2D eigenvalue weighted by molar-refractivity contribution is -0.139. The predicted octanol–water partition coefficient (Wildman–Crippen LogP) is 7.73. The van der Waals surface area contributed by atoms with E-state index >= 15 is 0 Å². The van der Waals surface area contributed by atoms with Crippen LogP contribution in [0.1, 0.15) is 117 Å². The Morgan fingerprint density at radius 2 is 0.909 bits per heavy atom. The van der Waals surface area contributed by atoms with Crippen LogP contribution in [0.25, 0.3) is 0 Å². The fourth-order valence-corrected chi connectivity index (χ4v) is 3.29. The summed E-state index contributed by atoms with van der Waals surface area (Å²) in [6.45, 7) is 12.7. The molecule has 0 unspecified atom stereocenters. The summed E-state index contributed by atoms with van der Waals surface area (Å²) in [5.41, 5.74) is 0. The molecule has 0 saturated heterocycles. The second kappa shape index (κ2) is 30.4. The number of ether oxygens (including phenoxy) is 3. The number of carbonyl (C=O) groups excluding carboxylic acids is 2. The van der Waals surface area contributed by atoms with Crippen LogP contribution in [0.15, 0.2) is 25.3 Å². The van der Waals surface area contributed by atoms with E-state index in [0.717, 1.165) is 12.5 Å². The molecule has 0 rings (SSSR count). The highest BCUT2D eigenvalue weighted by atomic mass is 16.6. The van der Waals surface area contributed by atoms with Gasteiger partial charge in [-0.2, -0.15) is 0 Å². The first-order valence-corrected chi connectivity index (χ1v) is 13.3. The Balaban J connectivity index is 0. The van der Waals surface area contributed by atoms with E-state index in [4.69, 9.17) is 9.47 Å². The van der Waals surface area contributed by atoms with Gasteiger partial charge < -0.3 is 14.2 Å². The number of carbonyl (C=O) groups is 2. The van der Waals surface area contributed by atoms with E-state index < -0.39 is 5.97 Å². The van der Waals surface area contributed by atoms with Crippen molar-refractivity contribution in [2.24, 2.45) is 0 Å². The zero-order chi connectivity index (χ0) is 24.8. The van der Waals surface area contributed by atoms with Crippen molar-refractivity contribution in [3.63, 3.8) is 0 Å². The Kier molecular flexibility index (Phi) is 30.9. The third-order valence-electron chi connectivity index (χ3n) is 5.25. The fraction of sp³-hybridized carbons (Fsp3) is 0.786. The van der Waals surface area contributed by atoms with Crippen LogP contribution < -0.4 is 0 Å². The van der Waals surface area contributed by atoms with Gasteiger partial charge in [0.2, 0.25) is 0 Å². The Hall–Kier alpha value is -1.62. The summed E-state index contributed by atoms with van der Waals surface area (Å²) >= 11 is 0. The minimum absolute atomic E-state index is 0.300. The van der Waals surface area contributed by atoms with E-state index in [0.29, 0.717) is 26.4 Å². The smallest absolute Gasteiger partial charge is 0.330 e. The van der Waals surface area contributed by atoms with Gasteiger partial charge in [0.25, 0.3) is 0 Å². The van der Waals surface area contributed by atoms with Crippen molar-refractivity contribution in [3.05, 3.63) is 25.3 Å². The van der Waals surface area contributed by atoms with Gasteiger partial charge in [-0.05, 0) is 13.3 Å². The molecule has 33 heavy (non-hydrogen) atoms. The SMILES string of the molecule is C=CC(=O)OCCCCCCCCCCCCCCCCCC.C=CC(=O)OCCOCC. The van der Waals surface area contributed by atoms with Crippen molar-refractivity contribution < 1.29 is 23.8 Å². The van der Waals surface area contributed by atoms with Gasteiger partial charge in [0, 0.05) is 18.8 Å². The van der Waals surface area contributed by atoms with E-state index in [1.54, 1.807) is 0 Å². The van der Waals surface area contributed by atoms with Gasteiger partial charge >= 0.3 is 11.9 Å². The maximum absolute atomic E-state index is 10.8. The molecule has 0 aromatic heterocycles. The van der Waals surface area contributed by atoms with Crippen molar-refractivity contribution in [2.75, 3.05) is 26.4 Å². The van der Waals surface area contributed by atoms with Crippen molar-refractivity contribution in [1.29, 1.82) is 0 Å². The molecule has 0 aliphatic heterocycles. The largest absolute Gasteiger partial charge is 0.463 e. The third kappa shape index (κ3) is 32.6. The van der Waals surface area contributed by atoms with Gasteiger partial charge in [0.1, 0.15) is 6.61 Å². The van der Waals surface area contributed by atoms with E-state index in [9.17, 15) is 9.59 Å². The van der Waals surface area contributed by atoms with Crippen LogP contribution in [0.2, 0.25) is 0 Å². The Bertz CT molecular complexity index is 448. The molecule has 0 aromatic carbocycles. The topological polar surface area (TPSA) is 61.8 Å². The second-order valence-electron chi connectivity index (χ2n) is 8.24. The molecule has 0 radical (unpaired) electrons. The summed E-state index contributed by atoms with van der Waals surface area (Å²) in [5.74, 6) is -0.703. The number of rotatable bonds is 23. The Morgan fingerprint density at radius 1 is 0.545 bits per heavy atom. The Morgan fingerprint density at radius 3 is 1.27 bits per heavy atom. The number of unbranched alkanes of at least 4 members (excludes halogenated alkanes) is 15. The van der Waals surface area contributed by atoms with Crippen LogP contribution in [0, 0.1) is 0 Å². The van der Waals surface area contributed by atoms with Gasteiger partial charge in [-0.25, -0.2) is 9.59 Å². The van der Waals surface area contributed by atoms with E-state index in [2.05, 4.69) is 24.8 Å². The Labute approximate surface area is 204 Å². The monoisotopic (exact) mass is 468 g/mol. The summed E-state index contributed by atoms with van der Waals surface area (Å²) in [6, 6.07) is 0. The molecular weight excluding hydrogens is 416 g/mol. The van der Waals surface area contributed by atoms with Crippen molar-refractivity contribution >= 4 is 11.9 Å². The van der Waals surface area contributed by atoms with Gasteiger partial charge in [-0.1, -0.05) is 116 Å². The molecule has 0 amide bonds. The number of hydrogen-bond donors (Lipinski definition) is 0. The maximum Gasteiger partial charge on any atom is 0.330 e. The molecule has 0 aromatic rings. The highest BCUT2D eigenvalue weighted by molar-refractivity contribution is 5.81.